The zero-order valence-corrected chi connectivity index (χ0v) is 16.7. The molecule has 3 aliphatic rings. The fourth-order valence-electron chi connectivity index (χ4n) is 5.09. The molecular weight excluding hydrogens is 354 g/mol. The summed E-state index contributed by atoms with van der Waals surface area (Å²) in [5, 5.41) is 2.90. The number of anilines is 2. The van der Waals surface area contributed by atoms with E-state index in [1.807, 2.05) is 24.3 Å². The Morgan fingerprint density at radius 1 is 1.14 bits per heavy atom. The number of amides is 2. The molecule has 2 amide bonds. The molecule has 0 unspecified atom stereocenters. The first kappa shape index (κ1) is 19.2. The van der Waals surface area contributed by atoms with Gasteiger partial charge < -0.3 is 19.9 Å². The summed E-state index contributed by atoms with van der Waals surface area (Å²) < 4.78 is 5.38. The van der Waals surface area contributed by atoms with E-state index in [-0.39, 0.29) is 18.4 Å². The molecule has 6 heteroatoms. The van der Waals surface area contributed by atoms with Crippen molar-refractivity contribution >= 4 is 23.2 Å². The van der Waals surface area contributed by atoms with Crippen molar-refractivity contribution < 1.29 is 14.3 Å². The summed E-state index contributed by atoms with van der Waals surface area (Å²) in [7, 11) is 1.73. The lowest BCUT2D eigenvalue weighted by Crippen LogP contribution is -2.36. The number of carbonyl (C=O) groups is 2. The van der Waals surface area contributed by atoms with Crippen LogP contribution in [0.4, 0.5) is 11.4 Å². The van der Waals surface area contributed by atoms with Gasteiger partial charge in [-0.05, 0) is 61.3 Å². The van der Waals surface area contributed by atoms with Crippen LogP contribution in [0.2, 0.25) is 0 Å². The number of rotatable bonds is 6. The smallest absolute Gasteiger partial charge is 0.243 e. The van der Waals surface area contributed by atoms with Gasteiger partial charge in [0.25, 0.3) is 0 Å². The number of fused-ring (bicyclic) bond motifs is 2. The van der Waals surface area contributed by atoms with E-state index in [2.05, 4.69) is 10.2 Å². The predicted octanol–water partition coefficient (Wildman–Crippen LogP) is 2.75. The minimum Gasteiger partial charge on any atom is -0.378 e. The number of likely N-dealkylation sites (N-methyl/N-ethyl adjacent to an activating group) is 1. The molecular formula is C22H31N3O3. The molecule has 1 aromatic rings. The summed E-state index contributed by atoms with van der Waals surface area (Å²) >= 11 is 0. The minimum atomic E-state index is -0.150. The molecule has 1 saturated heterocycles. The first-order valence-corrected chi connectivity index (χ1v) is 10.5. The van der Waals surface area contributed by atoms with E-state index >= 15 is 0 Å². The molecule has 2 bridgehead atoms. The highest BCUT2D eigenvalue weighted by atomic mass is 16.5. The highest BCUT2D eigenvalue weighted by Gasteiger charge is 2.40. The van der Waals surface area contributed by atoms with Crippen LogP contribution in [0.5, 0.6) is 0 Å². The zero-order valence-electron chi connectivity index (χ0n) is 16.7. The second-order valence-electron chi connectivity index (χ2n) is 8.58. The van der Waals surface area contributed by atoms with Crippen LogP contribution in [0.3, 0.4) is 0 Å². The number of ether oxygens (including phenoxy) is 1. The molecule has 0 aromatic heterocycles. The third-order valence-corrected chi connectivity index (χ3v) is 6.66. The molecule has 1 N–H and O–H groups in total. The maximum atomic E-state index is 12.5. The third kappa shape index (κ3) is 4.49. The number of morpholine rings is 1. The first-order valence-electron chi connectivity index (χ1n) is 10.5. The lowest BCUT2D eigenvalue weighted by atomic mass is 9.86. The van der Waals surface area contributed by atoms with E-state index in [9.17, 15) is 9.59 Å². The fourth-order valence-corrected chi connectivity index (χ4v) is 5.09. The van der Waals surface area contributed by atoms with E-state index in [1.54, 1.807) is 11.9 Å². The maximum absolute atomic E-state index is 12.5. The average Bonchev–Trinajstić information content (AvgIpc) is 3.32. The molecule has 28 heavy (non-hydrogen) atoms. The Hall–Kier alpha value is -2.08. The van der Waals surface area contributed by atoms with Crippen LogP contribution in [0, 0.1) is 17.8 Å². The Morgan fingerprint density at radius 2 is 1.89 bits per heavy atom. The summed E-state index contributed by atoms with van der Waals surface area (Å²) in [4.78, 5) is 28.7. The SMILES string of the molecule is CN(CC(=O)Nc1ccc(N2CCOCC2)cc1)C(=O)C[C@H]1C[C@@H]2CC[C@@H]1C2. The highest BCUT2D eigenvalue weighted by molar-refractivity contribution is 5.94. The van der Waals surface area contributed by atoms with Gasteiger partial charge in [-0.1, -0.05) is 6.42 Å². The molecule has 1 heterocycles. The topological polar surface area (TPSA) is 61.9 Å². The number of benzene rings is 1. The van der Waals surface area contributed by atoms with Crippen LogP contribution in [-0.4, -0.2) is 56.6 Å². The van der Waals surface area contributed by atoms with E-state index in [0.29, 0.717) is 12.3 Å². The summed E-state index contributed by atoms with van der Waals surface area (Å²) in [5.74, 6) is 2.06. The molecule has 3 atom stereocenters. The molecule has 1 aromatic carbocycles. The van der Waals surface area contributed by atoms with Crippen molar-refractivity contribution in [2.75, 3.05) is 50.1 Å². The molecule has 0 radical (unpaired) electrons. The van der Waals surface area contributed by atoms with Gasteiger partial charge in [0, 0.05) is 37.9 Å². The van der Waals surface area contributed by atoms with Crippen LogP contribution in [0.1, 0.15) is 32.1 Å². The van der Waals surface area contributed by atoms with Gasteiger partial charge in [-0.2, -0.15) is 0 Å². The monoisotopic (exact) mass is 385 g/mol. The van der Waals surface area contributed by atoms with Gasteiger partial charge in [-0.3, -0.25) is 9.59 Å². The van der Waals surface area contributed by atoms with Crippen LogP contribution in [-0.2, 0) is 14.3 Å². The molecule has 152 valence electrons. The van der Waals surface area contributed by atoms with Gasteiger partial charge in [-0.15, -0.1) is 0 Å². The predicted molar refractivity (Wildman–Crippen MR) is 109 cm³/mol. The van der Waals surface area contributed by atoms with Gasteiger partial charge in [-0.25, -0.2) is 0 Å². The number of nitrogens with zero attached hydrogens (tertiary/aromatic N) is 2. The van der Waals surface area contributed by atoms with E-state index < -0.39 is 0 Å². The van der Waals surface area contributed by atoms with Crippen molar-refractivity contribution in [3.8, 4) is 0 Å². The molecule has 6 nitrogen and oxygen atoms in total. The first-order chi connectivity index (χ1) is 13.6. The van der Waals surface area contributed by atoms with Crippen LogP contribution < -0.4 is 10.2 Å². The largest absolute Gasteiger partial charge is 0.378 e. The maximum Gasteiger partial charge on any atom is 0.243 e. The number of hydrogen-bond acceptors (Lipinski definition) is 4. The van der Waals surface area contributed by atoms with Crippen LogP contribution >= 0.6 is 0 Å². The fraction of sp³-hybridized carbons (Fsp3) is 0.636. The summed E-state index contributed by atoms with van der Waals surface area (Å²) in [6, 6.07) is 7.87. The van der Waals surface area contributed by atoms with E-state index in [0.717, 1.165) is 49.5 Å². The lowest BCUT2D eigenvalue weighted by molar-refractivity contribution is -0.134. The lowest BCUT2D eigenvalue weighted by Gasteiger charge is -2.29. The zero-order chi connectivity index (χ0) is 19.5. The second kappa shape index (κ2) is 8.52. The highest BCUT2D eigenvalue weighted by Crippen LogP contribution is 2.49. The Bertz CT molecular complexity index is 699. The van der Waals surface area contributed by atoms with Crippen molar-refractivity contribution in [1.29, 1.82) is 0 Å². The normalized spacial score (nSPS) is 26.3. The van der Waals surface area contributed by atoms with Gasteiger partial charge in [0.1, 0.15) is 0 Å². The van der Waals surface area contributed by atoms with Crippen LogP contribution in [0.15, 0.2) is 24.3 Å². The minimum absolute atomic E-state index is 0.0929. The second-order valence-corrected chi connectivity index (χ2v) is 8.58. The molecule has 0 spiro atoms. The molecule has 4 rings (SSSR count). The van der Waals surface area contributed by atoms with Crippen molar-refractivity contribution in [2.45, 2.75) is 32.1 Å². The van der Waals surface area contributed by atoms with Crippen molar-refractivity contribution in [3.05, 3.63) is 24.3 Å². The van der Waals surface area contributed by atoms with E-state index in [4.69, 9.17) is 4.74 Å². The van der Waals surface area contributed by atoms with Gasteiger partial charge in [0.2, 0.25) is 11.8 Å². The van der Waals surface area contributed by atoms with Crippen LogP contribution in [0.25, 0.3) is 0 Å². The Kier molecular flexibility index (Phi) is 5.85. The summed E-state index contributed by atoms with van der Waals surface area (Å²) in [6.45, 7) is 3.38. The summed E-state index contributed by atoms with van der Waals surface area (Å²) in [5.41, 5.74) is 1.90. The van der Waals surface area contributed by atoms with E-state index in [1.165, 1.54) is 25.7 Å². The van der Waals surface area contributed by atoms with Gasteiger partial charge in [0.05, 0.1) is 19.8 Å². The molecule has 1 aliphatic heterocycles. The molecule has 2 aliphatic carbocycles. The Labute approximate surface area is 167 Å². The summed E-state index contributed by atoms with van der Waals surface area (Å²) in [6.07, 6.45) is 5.74. The van der Waals surface area contributed by atoms with Gasteiger partial charge >= 0.3 is 0 Å². The molecule has 3 fully saturated rings. The standard InChI is InChI=1S/C22H31N3O3/c1-24(22(27)14-18-13-16-2-3-17(18)12-16)15-21(26)23-19-4-6-20(7-5-19)25-8-10-28-11-9-25/h4-7,16-18H,2-3,8-15H2,1H3,(H,23,26)/t16-,17-,18-/m1/s1. The number of nitrogens with one attached hydrogen (secondary N) is 1. The van der Waals surface area contributed by atoms with Crippen molar-refractivity contribution in [3.63, 3.8) is 0 Å². The third-order valence-electron chi connectivity index (χ3n) is 6.66. The van der Waals surface area contributed by atoms with Crippen molar-refractivity contribution in [1.82, 2.24) is 4.90 Å². The average molecular weight is 386 g/mol. The Balaban J connectivity index is 1.23. The number of hydrogen-bond donors (Lipinski definition) is 1. The quantitative estimate of drug-likeness (QED) is 0.818. The molecule has 2 saturated carbocycles. The van der Waals surface area contributed by atoms with Crippen molar-refractivity contribution in [2.24, 2.45) is 17.8 Å². The Morgan fingerprint density at radius 3 is 2.54 bits per heavy atom. The van der Waals surface area contributed by atoms with Gasteiger partial charge in [0.15, 0.2) is 0 Å². The number of carbonyl (C=O) groups excluding carboxylic acids is 2.